The molecule has 1 atom stereocenters. The molecule has 0 bridgehead atoms. The molecule has 0 fully saturated rings. The lowest BCUT2D eigenvalue weighted by Crippen LogP contribution is -2.74. The van der Waals surface area contributed by atoms with E-state index in [1.807, 2.05) is 0 Å². The van der Waals surface area contributed by atoms with E-state index in [2.05, 4.69) is 330 Å². The van der Waals surface area contributed by atoms with Crippen LogP contribution < -0.4 is 25.6 Å². The van der Waals surface area contributed by atoms with E-state index in [9.17, 15) is 0 Å². The lowest BCUT2D eigenvalue weighted by molar-refractivity contribution is 0.684. The van der Waals surface area contributed by atoms with E-state index in [1.54, 1.807) is 0 Å². The van der Waals surface area contributed by atoms with Gasteiger partial charge < -0.3 is 14.0 Å². The number of anilines is 3. The van der Waals surface area contributed by atoms with Crippen LogP contribution in [0, 0.1) is 0 Å². The molecule has 3 nitrogen and oxygen atoms in total. The van der Waals surface area contributed by atoms with Gasteiger partial charge in [0.15, 0.2) is 8.07 Å². The van der Waals surface area contributed by atoms with Crippen molar-refractivity contribution in [2.24, 2.45) is 0 Å². The summed E-state index contributed by atoms with van der Waals surface area (Å²) in [5.74, 6) is 0. The molecule has 1 aliphatic heterocycles. The van der Waals surface area contributed by atoms with Crippen molar-refractivity contribution in [3.63, 3.8) is 0 Å². The molecule has 0 spiro atoms. The average molecular weight is 1060 g/mol. The fourth-order valence-electron chi connectivity index (χ4n) is 13.8. The van der Waals surface area contributed by atoms with E-state index in [0.29, 0.717) is 6.04 Å². The third-order valence-corrected chi connectivity index (χ3v) is 22.4. The van der Waals surface area contributed by atoms with E-state index >= 15 is 0 Å². The Morgan fingerprint density at radius 3 is 1.29 bits per heavy atom. The van der Waals surface area contributed by atoms with E-state index < -0.39 is 8.07 Å². The van der Waals surface area contributed by atoms with Gasteiger partial charge in [0.2, 0.25) is 0 Å². The van der Waals surface area contributed by atoms with Crippen LogP contribution in [-0.4, -0.2) is 17.2 Å². The monoisotopic (exact) mass is 1060 g/mol. The highest BCUT2D eigenvalue weighted by molar-refractivity contribution is 7.19. The Bertz CT molecular complexity index is 4620. The largest absolute Gasteiger partial charge is 0.332 e. The van der Waals surface area contributed by atoms with Crippen LogP contribution >= 0.6 is 0 Å². The number of rotatable bonds is 11. The standard InChI is InChI=1S/C78H55N3Si/c1-4-17-64(18-5-1)82(65-19-6-2-7-20-65,66-21-8-3-9-22-66)67-50-39-57(40-51-67)56-33-44-61(45-34-56)79(60-42-31-54(32-43-60)55-35-48-63(49-36-55)80-74-28-13-10-23-68(74)69-24-11-14-29-75(69)80)62-46-37-58(38-47-62)59-41-52-77-73(53-59)72-27-16-26-71-70-25-12-15-30-76(70)81(77)78(71)72/h1-29,31-53,76H,30H2. The summed E-state index contributed by atoms with van der Waals surface area (Å²) < 4.78 is 4.97. The predicted molar refractivity (Wildman–Crippen MR) is 349 cm³/mol. The van der Waals surface area contributed by atoms with Crippen LogP contribution in [0.15, 0.2) is 315 Å². The molecule has 16 rings (SSSR count). The minimum atomic E-state index is -2.65. The van der Waals surface area contributed by atoms with Gasteiger partial charge in [-0.15, -0.1) is 0 Å². The number of para-hydroxylation sites is 3. The second-order valence-electron chi connectivity index (χ2n) is 21.9. The topological polar surface area (TPSA) is 13.1 Å². The summed E-state index contributed by atoms with van der Waals surface area (Å²) in [7, 11) is -2.65. The molecule has 12 aromatic carbocycles. The van der Waals surface area contributed by atoms with E-state index in [4.69, 9.17) is 0 Å². The summed E-state index contributed by atoms with van der Waals surface area (Å²) in [6.07, 6.45) is 7.86. The van der Waals surface area contributed by atoms with Gasteiger partial charge >= 0.3 is 0 Å². The molecule has 0 amide bonds. The van der Waals surface area contributed by atoms with E-state index in [1.165, 1.54) is 109 Å². The van der Waals surface area contributed by atoms with Crippen molar-refractivity contribution < 1.29 is 0 Å². The average Bonchev–Trinajstić information content (AvgIpc) is 3.88. The summed E-state index contributed by atoms with van der Waals surface area (Å²) in [4.78, 5) is 2.39. The van der Waals surface area contributed by atoms with Gasteiger partial charge in [0.05, 0.1) is 22.6 Å². The van der Waals surface area contributed by atoms with Crippen molar-refractivity contribution >= 4 is 95.1 Å². The maximum Gasteiger partial charge on any atom is 0.179 e. The molecule has 0 radical (unpaired) electrons. The molecule has 82 heavy (non-hydrogen) atoms. The fourth-order valence-corrected chi connectivity index (χ4v) is 18.6. The number of nitrogens with zero attached hydrogens (tertiary/aromatic N) is 3. The first-order valence-electron chi connectivity index (χ1n) is 28.6. The number of hydrogen-bond donors (Lipinski definition) is 0. The summed E-state index contributed by atoms with van der Waals surface area (Å²) in [5.41, 5.74) is 19.4. The fraction of sp³-hybridized carbons (Fsp3) is 0.0256. The van der Waals surface area contributed by atoms with Crippen LogP contribution in [-0.2, 0) is 0 Å². The Morgan fingerprint density at radius 1 is 0.341 bits per heavy atom. The lowest BCUT2D eigenvalue weighted by Gasteiger charge is -2.34. The Morgan fingerprint density at radius 2 is 0.768 bits per heavy atom. The molecule has 4 heteroatoms. The van der Waals surface area contributed by atoms with Crippen molar-refractivity contribution in [3.05, 3.63) is 321 Å². The van der Waals surface area contributed by atoms with Crippen molar-refractivity contribution in [1.82, 2.24) is 9.13 Å². The third-order valence-electron chi connectivity index (χ3n) is 17.6. The molecule has 14 aromatic rings. The quantitative estimate of drug-likeness (QED) is 0.0929. The zero-order chi connectivity index (χ0) is 54.1. The first kappa shape index (κ1) is 47.7. The third kappa shape index (κ3) is 7.64. The molecule has 386 valence electrons. The van der Waals surface area contributed by atoms with Crippen molar-refractivity contribution in [2.75, 3.05) is 4.90 Å². The molecular weight excluding hydrogens is 1010 g/mol. The number of allylic oxidation sites excluding steroid dienone is 4. The smallest absolute Gasteiger partial charge is 0.179 e. The van der Waals surface area contributed by atoms with Crippen LogP contribution in [0.2, 0.25) is 0 Å². The molecule has 2 aromatic heterocycles. The molecule has 0 saturated carbocycles. The minimum absolute atomic E-state index is 0.353. The van der Waals surface area contributed by atoms with Gasteiger partial charge in [0, 0.05) is 55.4 Å². The minimum Gasteiger partial charge on any atom is -0.332 e. The van der Waals surface area contributed by atoms with Gasteiger partial charge in [-0.3, -0.25) is 0 Å². The lowest BCUT2D eigenvalue weighted by atomic mass is 9.93. The molecular formula is C78H55N3Si. The Kier molecular flexibility index (Phi) is 11.4. The van der Waals surface area contributed by atoms with Crippen LogP contribution in [0.3, 0.4) is 0 Å². The first-order valence-corrected chi connectivity index (χ1v) is 30.6. The zero-order valence-electron chi connectivity index (χ0n) is 45.1. The second kappa shape index (κ2) is 19.5. The van der Waals surface area contributed by atoms with E-state index in [0.717, 1.165) is 29.2 Å². The van der Waals surface area contributed by atoms with Gasteiger partial charge in [-0.2, -0.15) is 0 Å². The van der Waals surface area contributed by atoms with E-state index in [-0.39, 0.29) is 0 Å². The summed E-state index contributed by atoms with van der Waals surface area (Å²) >= 11 is 0. The van der Waals surface area contributed by atoms with Crippen LogP contribution in [0.4, 0.5) is 17.1 Å². The maximum absolute atomic E-state index is 2.65. The second-order valence-corrected chi connectivity index (χ2v) is 25.7. The normalized spacial score (nSPS) is 13.7. The Labute approximate surface area is 478 Å². The molecule has 0 saturated heterocycles. The van der Waals surface area contributed by atoms with Crippen LogP contribution in [0.1, 0.15) is 18.0 Å². The summed E-state index contributed by atoms with van der Waals surface area (Å²) in [6.45, 7) is 0. The Balaban J connectivity index is 0.751. The number of aromatic nitrogens is 2. The maximum atomic E-state index is 2.59. The van der Waals surface area contributed by atoms with Gasteiger partial charge in [-0.25, -0.2) is 0 Å². The number of hydrogen-bond acceptors (Lipinski definition) is 1. The van der Waals surface area contributed by atoms with Crippen LogP contribution in [0.5, 0.6) is 0 Å². The van der Waals surface area contributed by atoms with Crippen LogP contribution in [0.25, 0.3) is 88.3 Å². The Hall–Kier alpha value is -10.3. The molecule has 3 heterocycles. The van der Waals surface area contributed by atoms with Gasteiger partial charge in [0.1, 0.15) is 0 Å². The van der Waals surface area contributed by atoms with Gasteiger partial charge in [-0.05, 0) is 139 Å². The van der Waals surface area contributed by atoms with Crippen molar-refractivity contribution in [3.8, 4) is 39.1 Å². The zero-order valence-corrected chi connectivity index (χ0v) is 46.1. The molecule has 2 aliphatic rings. The highest BCUT2D eigenvalue weighted by Gasteiger charge is 2.41. The van der Waals surface area contributed by atoms with Crippen molar-refractivity contribution in [1.29, 1.82) is 0 Å². The highest BCUT2D eigenvalue weighted by atomic mass is 28.3. The summed E-state index contributed by atoms with van der Waals surface area (Å²) in [6, 6.07) is 111. The number of benzene rings is 12. The molecule has 1 aliphatic carbocycles. The summed E-state index contributed by atoms with van der Waals surface area (Å²) in [5, 5.41) is 10.6. The number of fused-ring (bicyclic) bond motifs is 9. The molecule has 0 N–H and O–H groups in total. The first-order chi connectivity index (χ1) is 40.7. The molecule has 1 unspecified atom stereocenters. The van der Waals surface area contributed by atoms with Crippen molar-refractivity contribution in [2.45, 2.75) is 12.5 Å². The van der Waals surface area contributed by atoms with Gasteiger partial charge in [0.25, 0.3) is 0 Å². The predicted octanol–water partition coefficient (Wildman–Crippen LogP) is 17.6. The SMILES string of the molecule is C1=CCC2C(=C1)c1cccc3c4cc(-c5ccc(N(c6ccc(-c7ccc(-n8c9ccccc9c9ccccc98)cc7)cc6)c6ccc(-c7ccc([Si](c8ccccc8)(c8ccccc8)c8ccccc8)cc7)cc6)cc5)ccc4n2c13. The van der Waals surface area contributed by atoms with Gasteiger partial charge in [-0.1, -0.05) is 243 Å². The highest BCUT2D eigenvalue weighted by Crippen LogP contribution is 2.49.